The molecule has 0 bridgehead atoms. The summed E-state index contributed by atoms with van der Waals surface area (Å²) >= 11 is 0. The van der Waals surface area contributed by atoms with E-state index in [0.29, 0.717) is 13.0 Å². The van der Waals surface area contributed by atoms with Gasteiger partial charge in [-0.2, -0.15) is 0 Å². The lowest BCUT2D eigenvalue weighted by molar-refractivity contribution is 0.156. The minimum absolute atomic E-state index is 0.265. The molecule has 3 nitrogen and oxygen atoms in total. The van der Waals surface area contributed by atoms with Gasteiger partial charge in [-0.1, -0.05) is 48.5 Å². The number of aliphatic hydroxyl groups is 1. The van der Waals surface area contributed by atoms with Crippen molar-refractivity contribution in [2.45, 2.75) is 18.6 Å². The van der Waals surface area contributed by atoms with Crippen molar-refractivity contribution in [1.82, 2.24) is 0 Å². The Labute approximate surface area is 114 Å². The molecule has 0 aliphatic carbocycles. The summed E-state index contributed by atoms with van der Waals surface area (Å²) in [5.41, 5.74) is 8.16. The summed E-state index contributed by atoms with van der Waals surface area (Å²) < 4.78 is 0. The molecule has 0 unspecified atom stereocenters. The van der Waals surface area contributed by atoms with Crippen LogP contribution in [0.4, 0.5) is 5.69 Å². The number of hydrogen-bond acceptors (Lipinski definition) is 3. The Morgan fingerprint density at radius 3 is 2.16 bits per heavy atom. The molecule has 0 aliphatic heterocycles. The Kier molecular flexibility index (Phi) is 4.95. The molecule has 0 saturated heterocycles. The van der Waals surface area contributed by atoms with E-state index in [-0.39, 0.29) is 6.04 Å². The molecule has 2 aromatic rings. The molecule has 0 spiro atoms. The van der Waals surface area contributed by atoms with Gasteiger partial charge in [0, 0.05) is 18.3 Å². The molecular weight excluding hydrogens is 236 g/mol. The van der Waals surface area contributed by atoms with Gasteiger partial charge in [-0.15, -0.1) is 0 Å². The van der Waals surface area contributed by atoms with Gasteiger partial charge in [-0.05, 0) is 24.1 Å². The number of anilines is 1. The fraction of sp³-hybridized carbons (Fsp3) is 0.250. The average Bonchev–Trinajstić information content (AvgIpc) is 2.47. The maximum atomic E-state index is 10.1. The highest BCUT2D eigenvalue weighted by molar-refractivity contribution is 5.42. The SMILES string of the molecule is N[C@@H](Cc1ccccc1)[C@H](O)CNc1ccccc1. The van der Waals surface area contributed by atoms with Crippen LogP contribution in [-0.2, 0) is 6.42 Å². The van der Waals surface area contributed by atoms with Crippen LogP contribution in [0.3, 0.4) is 0 Å². The second-order valence-electron chi connectivity index (χ2n) is 4.67. The normalized spacial score (nSPS) is 13.8. The zero-order chi connectivity index (χ0) is 13.5. The van der Waals surface area contributed by atoms with Crippen LogP contribution in [-0.4, -0.2) is 23.8 Å². The fourth-order valence-corrected chi connectivity index (χ4v) is 1.95. The summed E-state index contributed by atoms with van der Waals surface area (Å²) in [7, 11) is 0. The Balaban J connectivity index is 1.81. The lowest BCUT2D eigenvalue weighted by Crippen LogP contribution is -2.41. The first kappa shape index (κ1) is 13.6. The third kappa shape index (κ3) is 4.39. The summed E-state index contributed by atoms with van der Waals surface area (Å²) in [5.74, 6) is 0. The van der Waals surface area contributed by atoms with Gasteiger partial charge in [-0.25, -0.2) is 0 Å². The van der Waals surface area contributed by atoms with Gasteiger partial charge in [0.25, 0.3) is 0 Å². The van der Waals surface area contributed by atoms with Crippen LogP contribution >= 0.6 is 0 Å². The van der Waals surface area contributed by atoms with E-state index >= 15 is 0 Å². The number of hydrogen-bond donors (Lipinski definition) is 3. The molecule has 0 aliphatic rings. The van der Waals surface area contributed by atoms with Crippen LogP contribution in [0.25, 0.3) is 0 Å². The van der Waals surface area contributed by atoms with Gasteiger partial charge in [0.2, 0.25) is 0 Å². The average molecular weight is 256 g/mol. The first-order valence-corrected chi connectivity index (χ1v) is 6.52. The van der Waals surface area contributed by atoms with Crippen molar-refractivity contribution < 1.29 is 5.11 Å². The monoisotopic (exact) mass is 256 g/mol. The van der Waals surface area contributed by atoms with E-state index in [1.165, 1.54) is 0 Å². The summed E-state index contributed by atoms with van der Waals surface area (Å²) in [6.45, 7) is 0.456. The largest absolute Gasteiger partial charge is 0.390 e. The third-order valence-corrected chi connectivity index (χ3v) is 3.10. The lowest BCUT2D eigenvalue weighted by atomic mass is 10.0. The topological polar surface area (TPSA) is 58.3 Å². The van der Waals surface area contributed by atoms with E-state index in [1.54, 1.807) is 0 Å². The Bertz CT molecular complexity index is 473. The number of nitrogens with two attached hydrogens (primary N) is 1. The highest BCUT2D eigenvalue weighted by Crippen LogP contribution is 2.07. The van der Waals surface area contributed by atoms with Crippen molar-refractivity contribution in [2.24, 2.45) is 5.73 Å². The minimum atomic E-state index is -0.569. The third-order valence-electron chi connectivity index (χ3n) is 3.10. The van der Waals surface area contributed by atoms with Crippen molar-refractivity contribution in [3.63, 3.8) is 0 Å². The van der Waals surface area contributed by atoms with E-state index in [0.717, 1.165) is 11.3 Å². The zero-order valence-corrected chi connectivity index (χ0v) is 10.9. The Morgan fingerprint density at radius 2 is 1.53 bits per heavy atom. The Hall–Kier alpha value is -1.84. The number of rotatable bonds is 6. The summed E-state index contributed by atoms with van der Waals surface area (Å²) in [4.78, 5) is 0. The standard InChI is InChI=1S/C16H20N2O/c17-15(11-13-7-3-1-4-8-13)16(19)12-18-14-9-5-2-6-10-14/h1-10,15-16,18-19H,11-12,17H2/t15-,16+/m0/s1. The second kappa shape index (κ2) is 6.92. The van der Waals surface area contributed by atoms with Crippen LogP contribution in [0, 0.1) is 0 Å². The van der Waals surface area contributed by atoms with E-state index in [9.17, 15) is 5.11 Å². The van der Waals surface area contributed by atoms with Crippen LogP contribution < -0.4 is 11.1 Å². The summed E-state index contributed by atoms with van der Waals surface area (Å²) in [5, 5.41) is 13.2. The molecule has 0 fully saturated rings. The highest BCUT2D eigenvalue weighted by atomic mass is 16.3. The van der Waals surface area contributed by atoms with Gasteiger partial charge < -0.3 is 16.2 Å². The number of benzene rings is 2. The Morgan fingerprint density at radius 1 is 0.947 bits per heavy atom. The van der Waals surface area contributed by atoms with E-state index in [2.05, 4.69) is 5.32 Å². The van der Waals surface area contributed by atoms with Gasteiger partial charge >= 0.3 is 0 Å². The van der Waals surface area contributed by atoms with Crippen molar-refractivity contribution >= 4 is 5.69 Å². The molecule has 4 N–H and O–H groups in total. The first-order valence-electron chi connectivity index (χ1n) is 6.52. The van der Waals surface area contributed by atoms with Crippen molar-refractivity contribution in [1.29, 1.82) is 0 Å². The van der Waals surface area contributed by atoms with E-state index in [1.807, 2.05) is 60.7 Å². The molecule has 0 heterocycles. The number of nitrogens with one attached hydrogen (secondary N) is 1. The molecule has 2 atom stereocenters. The van der Waals surface area contributed by atoms with Crippen LogP contribution in [0.2, 0.25) is 0 Å². The van der Waals surface area contributed by atoms with Crippen LogP contribution in [0.5, 0.6) is 0 Å². The molecule has 3 heteroatoms. The zero-order valence-electron chi connectivity index (χ0n) is 10.9. The quantitative estimate of drug-likeness (QED) is 0.741. The molecule has 0 saturated carbocycles. The predicted octanol–water partition coefficient (Wildman–Crippen LogP) is 2.03. The molecule has 0 amide bonds. The lowest BCUT2D eigenvalue weighted by Gasteiger charge is -2.20. The van der Waals surface area contributed by atoms with Gasteiger partial charge in [0.15, 0.2) is 0 Å². The van der Waals surface area contributed by atoms with Crippen LogP contribution in [0.15, 0.2) is 60.7 Å². The molecule has 2 aromatic carbocycles. The minimum Gasteiger partial charge on any atom is -0.390 e. The molecule has 0 radical (unpaired) electrons. The van der Waals surface area contributed by atoms with Crippen molar-refractivity contribution in [2.75, 3.05) is 11.9 Å². The molecule has 100 valence electrons. The highest BCUT2D eigenvalue weighted by Gasteiger charge is 2.14. The fourth-order valence-electron chi connectivity index (χ4n) is 1.95. The summed E-state index contributed by atoms with van der Waals surface area (Å²) in [6.07, 6.45) is 0.110. The number of para-hydroxylation sites is 1. The van der Waals surface area contributed by atoms with Gasteiger partial charge in [0.05, 0.1) is 6.10 Å². The van der Waals surface area contributed by atoms with Crippen LogP contribution in [0.1, 0.15) is 5.56 Å². The maximum absolute atomic E-state index is 10.1. The molecule has 2 rings (SSSR count). The molecule has 19 heavy (non-hydrogen) atoms. The molecular formula is C16H20N2O. The van der Waals surface area contributed by atoms with Crippen molar-refractivity contribution in [3.8, 4) is 0 Å². The predicted molar refractivity (Wildman–Crippen MR) is 79.1 cm³/mol. The van der Waals surface area contributed by atoms with Crippen molar-refractivity contribution in [3.05, 3.63) is 66.2 Å². The first-order chi connectivity index (χ1) is 9.25. The summed E-state index contributed by atoms with van der Waals surface area (Å²) in [6, 6.07) is 19.5. The van der Waals surface area contributed by atoms with Gasteiger partial charge in [-0.3, -0.25) is 0 Å². The second-order valence-corrected chi connectivity index (χ2v) is 4.67. The maximum Gasteiger partial charge on any atom is 0.0866 e. The smallest absolute Gasteiger partial charge is 0.0866 e. The van der Waals surface area contributed by atoms with E-state index in [4.69, 9.17) is 5.73 Å². The van der Waals surface area contributed by atoms with E-state index < -0.39 is 6.10 Å². The molecule has 0 aromatic heterocycles. The number of aliphatic hydroxyl groups excluding tert-OH is 1. The van der Waals surface area contributed by atoms with Gasteiger partial charge in [0.1, 0.15) is 0 Å².